The Bertz CT molecular complexity index is 1050. The fourth-order valence-electron chi connectivity index (χ4n) is 2.60. The number of rotatable bonds is 7. The van der Waals surface area contributed by atoms with E-state index in [9.17, 15) is 13.2 Å². The first-order valence-electron chi connectivity index (χ1n) is 8.56. The van der Waals surface area contributed by atoms with Gasteiger partial charge in [0.1, 0.15) is 0 Å². The number of carbonyl (C=O) groups is 1. The molecule has 3 aromatic carbocycles. The van der Waals surface area contributed by atoms with E-state index in [-0.39, 0.29) is 16.5 Å². The van der Waals surface area contributed by atoms with Gasteiger partial charge in [0.05, 0.1) is 22.9 Å². The lowest BCUT2D eigenvalue weighted by Gasteiger charge is -2.13. The average Bonchev–Trinajstić information content (AvgIpc) is 2.71. The summed E-state index contributed by atoms with van der Waals surface area (Å²) in [7, 11) is -2.16. The third-order valence-corrected chi connectivity index (χ3v) is 5.38. The highest BCUT2D eigenvalue weighted by atomic mass is 32.2. The maximum absolute atomic E-state index is 12.6. The molecule has 0 saturated carbocycles. The molecule has 0 spiro atoms. The lowest BCUT2D eigenvalue weighted by atomic mass is 10.1. The molecular weight excluding hydrogens is 376 g/mol. The van der Waals surface area contributed by atoms with Crippen LogP contribution in [-0.2, 0) is 21.4 Å². The first kappa shape index (κ1) is 19.6. The molecule has 2 N–H and O–H groups in total. The van der Waals surface area contributed by atoms with Crippen molar-refractivity contribution in [3.8, 4) is 0 Å². The Balaban J connectivity index is 1.79. The zero-order chi connectivity index (χ0) is 20.0. The minimum Gasteiger partial charge on any atom is -0.380 e. The van der Waals surface area contributed by atoms with Gasteiger partial charge in [-0.1, -0.05) is 42.5 Å². The second-order valence-corrected chi connectivity index (χ2v) is 7.73. The summed E-state index contributed by atoms with van der Waals surface area (Å²) >= 11 is 0. The molecule has 28 heavy (non-hydrogen) atoms. The highest BCUT2D eigenvalue weighted by Gasteiger charge is 2.16. The number of ether oxygens (including phenoxy) is 1. The molecule has 0 fully saturated rings. The first-order valence-corrected chi connectivity index (χ1v) is 10.0. The molecule has 0 aromatic heterocycles. The van der Waals surface area contributed by atoms with Gasteiger partial charge in [-0.3, -0.25) is 9.52 Å². The standard InChI is InChI=1S/C21H20N2O4S/c1-27-15-16-11-13-17(14-12-16)21(24)22-19-9-5-6-10-20(19)23-28(25,26)18-7-3-2-4-8-18/h2-14,23H,15H2,1H3,(H,22,24). The van der Waals surface area contributed by atoms with E-state index in [4.69, 9.17) is 4.74 Å². The normalized spacial score (nSPS) is 11.0. The number of anilines is 2. The molecule has 0 atom stereocenters. The quantitative estimate of drug-likeness (QED) is 0.635. The van der Waals surface area contributed by atoms with Crippen LogP contribution in [-0.4, -0.2) is 21.4 Å². The van der Waals surface area contributed by atoms with E-state index in [0.29, 0.717) is 17.9 Å². The fourth-order valence-corrected chi connectivity index (χ4v) is 3.70. The monoisotopic (exact) mass is 396 g/mol. The molecule has 6 nitrogen and oxygen atoms in total. The van der Waals surface area contributed by atoms with Crippen molar-refractivity contribution in [3.05, 3.63) is 90.0 Å². The Hall–Kier alpha value is -3.16. The van der Waals surface area contributed by atoms with Crippen LogP contribution in [0.2, 0.25) is 0 Å². The second-order valence-electron chi connectivity index (χ2n) is 6.05. The third kappa shape index (κ3) is 4.76. The van der Waals surface area contributed by atoms with Crippen LogP contribution in [0, 0.1) is 0 Å². The van der Waals surface area contributed by atoms with Crippen LogP contribution in [0.25, 0.3) is 0 Å². The maximum atomic E-state index is 12.6. The zero-order valence-electron chi connectivity index (χ0n) is 15.3. The van der Waals surface area contributed by atoms with Gasteiger partial charge in [0.25, 0.3) is 15.9 Å². The van der Waals surface area contributed by atoms with Gasteiger partial charge in [-0.05, 0) is 42.0 Å². The van der Waals surface area contributed by atoms with Gasteiger partial charge in [0.15, 0.2) is 0 Å². The van der Waals surface area contributed by atoms with E-state index >= 15 is 0 Å². The molecule has 144 valence electrons. The zero-order valence-corrected chi connectivity index (χ0v) is 16.1. The van der Waals surface area contributed by atoms with Crippen LogP contribution in [0.3, 0.4) is 0 Å². The van der Waals surface area contributed by atoms with E-state index in [0.717, 1.165) is 5.56 Å². The predicted octanol–water partition coefficient (Wildman–Crippen LogP) is 3.89. The van der Waals surface area contributed by atoms with Crippen LogP contribution >= 0.6 is 0 Å². The number of nitrogens with one attached hydrogen (secondary N) is 2. The Kier molecular flexibility index (Phi) is 6.08. The highest BCUT2D eigenvalue weighted by Crippen LogP contribution is 2.25. The first-order chi connectivity index (χ1) is 13.5. The summed E-state index contributed by atoms with van der Waals surface area (Å²) in [6, 6.07) is 21.7. The van der Waals surface area contributed by atoms with Gasteiger partial charge >= 0.3 is 0 Å². The maximum Gasteiger partial charge on any atom is 0.261 e. The molecule has 0 aliphatic carbocycles. The van der Waals surface area contributed by atoms with Gasteiger partial charge in [-0.15, -0.1) is 0 Å². The SMILES string of the molecule is COCc1ccc(C(=O)Nc2ccccc2NS(=O)(=O)c2ccccc2)cc1. The number of amides is 1. The Labute approximate surface area is 164 Å². The fraction of sp³-hybridized carbons (Fsp3) is 0.0952. The predicted molar refractivity (Wildman–Crippen MR) is 109 cm³/mol. The summed E-state index contributed by atoms with van der Waals surface area (Å²) in [5, 5.41) is 2.76. The van der Waals surface area contributed by atoms with Gasteiger partial charge in [-0.2, -0.15) is 0 Å². The summed E-state index contributed by atoms with van der Waals surface area (Å²) in [6.45, 7) is 0.464. The number of hydrogen-bond acceptors (Lipinski definition) is 4. The van der Waals surface area contributed by atoms with Crippen molar-refractivity contribution in [3.63, 3.8) is 0 Å². The smallest absolute Gasteiger partial charge is 0.261 e. The Morgan fingerprint density at radius 1 is 0.857 bits per heavy atom. The lowest BCUT2D eigenvalue weighted by molar-refractivity contribution is 0.102. The average molecular weight is 396 g/mol. The summed E-state index contributed by atoms with van der Waals surface area (Å²) in [6.07, 6.45) is 0. The van der Waals surface area contributed by atoms with E-state index in [1.54, 1.807) is 61.7 Å². The number of hydrogen-bond donors (Lipinski definition) is 2. The van der Waals surface area contributed by atoms with E-state index in [1.165, 1.54) is 12.1 Å². The Morgan fingerprint density at radius 3 is 2.11 bits per heavy atom. The number of methoxy groups -OCH3 is 1. The third-order valence-electron chi connectivity index (χ3n) is 4.00. The van der Waals surface area contributed by atoms with Crippen molar-refractivity contribution in [2.45, 2.75) is 11.5 Å². The molecule has 0 bridgehead atoms. The summed E-state index contributed by atoms with van der Waals surface area (Å²) in [4.78, 5) is 12.7. The minimum absolute atomic E-state index is 0.143. The number of para-hydroxylation sites is 2. The van der Waals surface area contributed by atoms with Crippen molar-refractivity contribution in [2.24, 2.45) is 0 Å². The molecule has 1 amide bonds. The van der Waals surface area contributed by atoms with Crippen molar-refractivity contribution in [1.82, 2.24) is 0 Å². The minimum atomic E-state index is -3.76. The molecule has 3 rings (SSSR count). The van der Waals surface area contributed by atoms with E-state index in [2.05, 4.69) is 10.0 Å². The lowest BCUT2D eigenvalue weighted by Crippen LogP contribution is -2.17. The number of benzene rings is 3. The molecule has 0 aliphatic heterocycles. The van der Waals surface area contributed by atoms with Gasteiger partial charge in [0.2, 0.25) is 0 Å². The molecule has 0 aliphatic rings. The van der Waals surface area contributed by atoms with Crippen LogP contribution in [0.15, 0.2) is 83.8 Å². The van der Waals surface area contributed by atoms with E-state index in [1.807, 2.05) is 12.1 Å². The summed E-state index contributed by atoms with van der Waals surface area (Å²) in [5.41, 5.74) is 2.07. The molecule has 0 heterocycles. The largest absolute Gasteiger partial charge is 0.380 e. The van der Waals surface area contributed by atoms with Crippen molar-refractivity contribution in [2.75, 3.05) is 17.1 Å². The van der Waals surface area contributed by atoms with Crippen LogP contribution in [0.1, 0.15) is 15.9 Å². The highest BCUT2D eigenvalue weighted by molar-refractivity contribution is 7.92. The molecule has 0 unspecified atom stereocenters. The van der Waals surface area contributed by atoms with Crippen molar-refractivity contribution in [1.29, 1.82) is 0 Å². The van der Waals surface area contributed by atoms with Crippen LogP contribution in [0.4, 0.5) is 11.4 Å². The Morgan fingerprint density at radius 2 is 1.46 bits per heavy atom. The second kappa shape index (κ2) is 8.69. The topological polar surface area (TPSA) is 84.5 Å². The molecular formula is C21H20N2O4S. The molecule has 3 aromatic rings. The van der Waals surface area contributed by atoms with Crippen molar-refractivity contribution >= 4 is 27.3 Å². The van der Waals surface area contributed by atoms with Gasteiger partial charge in [-0.25, -0.2) is 8.42 Å². The van der Waals surface area contributed by atoms with Crippen LogP contribution < -0.4 is 10.0 Å². The summed E-state index contributed by atoms with van der Waals surface area (Å²) in [5.74, 6) is -0.338. The molecule has 0 radical (unpaired) electrons. The number of sulfonamides is 1. The van der Waals surface area contributed by atoms with Crippen LogP contribution in [0.5, 0.6) is 0 Å². The number of carbonyl (C=O) groups excluding carboxylic acids is 1. The van der Waals surface area contributed by atoms with Gasteiger partial charge < -0.3 is 10.1 Å². The molecule has 7 heteroatoms. The van der Waals surface area contributed by atoms with Gasteiger partial charge in [0, 0.05) is 12.7 Å². The summed E-state index contributed by atoms with van der Waals surface area (Å²) < 4.78 is 32.7. The van der Waals surface area contributed by atoms with Crippen molar-refractivity contribution < 1.29 is 17.9 Å². The van der Waals surface area contributed by atoms with E-state index < -0.39 is 10.0 Å². The molecule has 0 saturated heterocycles.